The molecule has 1 aromatic rings. The third-order valence-electron chi connectivity index (χ3n) is 5.15. The van der Waals surface area contributed by atoms with Crippen LogP contribution in [0.3, 0.4) is 0 Å². The van der Waals surface area contributed by atoms with E-state index in [4.69, 9.17) is 0 Å². The van der Waals surface area contributed by atoms with E-state index in [1.54, 1.807) is 0 Å². The first-order valence-corrected chi connectivity index (χ1v) is 7.82. The Hall–Kier alpha value is -0.830. The molecule has 1 atom stereocenters. The van der Waals surface area contributed by atoms with Crippen molar-refractivity contribution in [3.63, 3.8) is 0 Å². The molecule has 0 aromatic carbocycles. The number of hydrogen-bond acceptors (Lipinski definition) is 2. The highest BCUT2D eigenvalue weighted by Crippen LogP contribution is 2.37. The topological polar surface area (TPSA) is 29.9 Å². The molecule has 0 radical (unpaired) electrons. The zero-order valence-electron chi connectivity index (χ0n) is 12.6. The van der Waals surface area contributed by atoms with Gasteiger partial charge in [-0.1, -0.05) is 13.8 Å². The van der Waals surface area contributed by atoms with E-state index in [-0.39, 0.29) is 0 Å². The molecule has 3 nitrogen and oxygen atoms in total. The molecule has 0 aliphatic heterocycles. The van der Waals surface area contributed by atoms with Crippen LogP contribution >= 0.6 is 0 Å². The molecule has 1 N–H and O–H groups in total. The summed E-state index contributed by atoms with van der Waals surface area (Å²) in [5.41, 5.74) is 3.46. The van der Waals surface area contributed by atoms with Crippen LogP contribution in [0.4, 0.5) is 0 Å². The Morgan fingerprint density at radius 1 is 1.26 bits per heavy atom. The van der Waals surface area contributed by atoms with Gasteiger partial charge in [0.2, 0.25) is 0 Å². The lowest BCUT2D eigenvalue weighted by molar-refractivity contribution is 0.195. The molecular formula is C16H27N3. The van der Waals surface area contributed by atoms with Crippen molar-refractivity contribution in [2.75, 3.05) is 0 Å². The second-order valence-corrected chi connectivity index (χ2v) is 7.22. The molecule has 1 unspecified atom stereocenters. The molecule has 2 aliphatic carbocycles. The van der Waals surface area contributed by atoms with Crippen molar-refractivity contribution in [3.05, 3.63) is 17.5 Å². The molecule has 3 heteroatoms. The average molecular weight is 261 g/mol. The smallest absolute Gasteiger partial charge is 0.0540 e. The minimum absolute atomic E-state index is 0.545. The van der Waals surface area contributed by atoms with E-state index in [2.05, 4.69) is 42.2 Å². The van der Waals surface area contributed by atoms with Gasteiger partial charge >= 0.3 is 0 Å². The van der Waals surface area contributed by atoms with Crippen molar-refractivity contribution in [2.45, 2.75) is 70.9 Å². The number of fused-ring (bicyclic) bond motifs is 1. The fourth-order valence-corrected chi connectivity index (χ4v) is 3.73. The van der Waals surface area contributed by atoms with Gasteiger partial charge in [-0.05, 0) is 50.4 Å². The van der Waals surface area contributed by atoms with Crippen LogP contribution in [-0.2, 0) is 13.5 Å². The van der Waals surface area contributed by atoms with Gasteiger partial charge in [-0.3, -0.25) is 4.68 Å². The lowest BCUT2D eigenvalue weighted by Gasteiger charge is -2.37. The van der Waals surface area contributed by atoms with Gasteiger partial charge in [0.15, 0.2) is 0 Å². The summed E-state index contributed by atoms with van der Waals surface area (Å²) in [5.74, 6) is 0. The average Bonchev–Trinajstić information content (AvgIpc) is 2.75. The SMILES string of the molecule is Cn1ncc2c1CCCC2NC1CCC(C)(C)CC1. The predicted octanol–water partition coefficient (Wildman–Crippen LogP) is 3.36. The Morgan fingerprint density at radius 3 is 2.74 bits per heavy atom. The molecule has 19 heavy (non-hydrogen) atoms. The summed E-state index contributed by atoms with van der Waals surface area (Å²) in [4.78, 5) is 0. The number of nitrogens with zero attached hydrogens (tertiary/aromatic N) is 2. The monoisotopic (exact) mass is 261 g/mol. The molecule has 2 aliphatic rings. The number of aryl methyl sites for hydroxylation is 1. The highest BCUT2D eigenvalue weighted by molar-refractivity contribution is 5.24. The molecule has 1 aromatic heterocycles. The van der Waals surface area contributed by atoms with Gasteiger partial charge in [0.1, 0.15) is 0 Å². The van der Waals surface area contributed by atoms with Crippen LogP contribution in [-0.4, -0.2) is 15.8 Å². The third-order valence-corrected chi connectivity index (χ3v) is 5.15. The fourth-order valence-electron chi connectivity index (χ4n) is 3.73. The van der Waals surface area contributed by atoms with Crippen LogP contribution in [0.25, 0.3) is 0 Å². The molecule has 0 bridgehead atoms. The maximum atomic E-state index is 4.44. The van der Waals surface area contributed by atoms with Gasteiger partial charge in [-0.25, -0.2) is 0 Å². The number of aromatic nitrogens is 2. The van der Waals surface area contributed by atoms with E-state index in [1.165, 1.54) is 56.2 Å². The van der Waals surface area contributed by atoms with Gasteiger partial charge in [0.05, 0.1) is 6.20 Å². The van der Waals surface area contributed by atoms with E-state index in [1.807, 2.05) is 0 Å². The van der Waals surface area contributed by atoms with Crippen LogP contribution in [0.2, 0.25) is 0 Å². The van der Waals surface area contributed by atoms with Crippen molar-refractivity contribution in [1.82, 2.24) is 15.1 Å². The maximum Gasteiger partial charge on any atom is 0.0540 e. The maximum absolute atomic E-state index is 4.44. The molecule has 0 amide bonds. The predicted molar refractivity (Wildman–Crippen MR) is 78.1 cm³/mol. The fraction of sp³-hybridized carbons (Fsp3) is 0.812. The van der Waals surface area contributed by atoms with Crippen LogP contribution in [0, 0.1) is 5.41 Å². The standard InChI is InChI=1S/C16H27N3/c1-16(2)9-7-12(8-10-16)18-14-5-4-6-15-13(14)11-17-19(15)3/h11-12,14,18H,4-10H2,1-3H3. The second-order valence-electron chi connectivity index (χ2n) is 7.22. The number of nitrogens with one attached hydrogen (secondary N) is 1. The first-order valence-electron chi connectivity index (χ1n) is 7.82. The van der Waals surface area contributed by atoms with Crippen molar-refractivity contribution >= 4 is 0 Å². The van der Waals surface area contributed by atoms with Crippen LogP contribution in [0.5, 0.6) is 0 Å². The Labute approximate surface area is 116 Å². The Bertz CT molecular complexity index is 437. The lowest BCUT2D eigenvalue weighted by Crippen LogP contribution is -2.38. The number of hydrogen-bond donors (Lipinski definition) is 1. The summed E-state index contributed by atoms with van der Waals surface area (Å²) in [6, 6.07) is 1.26. The van der Waals surface area contributed by atoms with E-state index in [0.717, 1.165) is 0 Å². The summed E-state index contributed by atoms with van der Waals surface area (Å²) >= 11 is 0. The summed E-state index contributed by atoms with van der Waals surface area (Å²) in [6.07, 6.45) is 11.2. The molecule has 1 heterocycles. The van der Waals surface area contributed by atoms with E-state index >= 15 is 0 Å². The van der Waals surface area contributed by atoms with Crippen molar-refractivity contribution in [3.8, 4) is 0 Å². The Morgan fingerprint density at radius 2 is 2.00 bits per heavy atom. The van der Waals surface area contributed by atoms with Gasteiger partial charge in [-0.2, -0.15) is 5.10 Å². The molecular weight excluding hydrogens is 234 g/mol. The number of rotatable bonds is 2. The molecule has 3 rings (SSSR count). The van der Waals surface area contributed by atoms with E-state index < -0.39 is 0 Å². The van der Waals surface area contributed by atoms with E-state index in [9.17, 15) is 0 Å². The molecule has 106 valence electrons. The van der Waals surface area contributed by atoms with Gasteiger partial charge in [0.25, 0.3) is 0 Å². The zero-order chi connectivity index (χ0) is 13.5. The normalized spacial score (nSPS) is 27.2. The lowest BCUT2D eigenvalue weighted by atomic mass is 9.75. The Kier molecular flexibility index (Phi) is 3.42. The molecule has 1 saturated carbocycles. The summed E-state index contributed by atoms with van der Waals surface area (Å²) in [5, 5.41) is 8.35. The third kappa shape index (κ3) is 2.71. The van der Waals surface area contributed by atoms with Gasteiger partial charge < -0.3 is 5.32 Å². The van der Waals surface area contributed by atoms with Crippen LogP contribution in [0.15, 0.2) is 6.20 Å². The van der Waals surface area contributed by atoms with Crippen molar-refractivity contribution in [2.24, 2.45) is 12.5 Å². The zero-order valence-corrected chi connectivity index (χ0v) is 12.6. The largest absolute Gasteiger partial charge is 0.307 e. The second kappa shape index (κ2) is 4.93. The van der Waals surface area contributed by atoms with E-state index in [0.29, 0.717) is 17.5 Å². The van der Waals surface area contributed by atoms with Crippen LogP contribution in [0.1, 0.15) is 69.7 Å². The van der Waals surface area contributed by atoms with Gasteiger partial charge in [-0.15, -0.1) is 0 Å². The highest BCUT2D eigenvalue weighted by atomic mass is 15.3. The molecule has 1 fully saturated rings. The van der Waals surface area contributed by atoms with Crippen molar-refractivity contribution < 1.29 is 0 Å². The minimum atomic E-state index is 0.545. The summed E-state index contributed by atoms with van der Waals surface area (Å²) < 4.78 is 2.06. The molecule has 0 spiro atoms. The first kappa shape index (κ1) is 13.2. The quantitative estimate of drug-likeness (QED) is 0.884. The minimum Gasteiger partial charge on any atom is -0.307 e. The van der Waals surface area contributed by atoms with Crippen LogP contribution < -0.4 is 5.32 Å². The Balaban J connectivity index is 1.65. The van der Waals surface area contributed by atoms with Gasteiger partial charge in [0, 0.05) is 30.4 Å². The summed E-state index contributed by atoms with van der Waals surface area (Å²) in [6.45, 7) is 4.81. The van der Waals surface area contributed by atoms with Crippen molar-refractivity contribution in [1.29, 1.82) is 0 Å². The highest BCUT2D eigenvalue weighted by Gasteiger charge is 2.30. The first-order chi connectivity index (χ1) is 9.05. The summed E-state index contributed by atoms with van der Waals surface area (Å²) in [7, 11) is 2.07. The molecule has 0 saturated heterocycles.